The van der Waals surface area contributed by atoms with Crippen LogP contribution in [0.1, 0.15) is 70.3 Å². The molecule has 0 bridgehead atoms. The number of fused-ring (bicyclic) bond motifs is 5. The zero-order valence-electron chi connectivity index (χ0n) is 17.0. The number of carbonyl (C=O) groups excluding carboxylic acids is 1. The topological polar surface area (TPSA) is 57.5 Å². The van der Waals surface area contributed by atoms with Gasteiger partial charge in [0.25, 0.3) is 0 Å². The summed E-state index contributed by atoms with van der Waals surface area (Å²) >= 11 is 0. The molecular formula is C25H32O3. The molecule has 1 aromatic carbocycles. The molecule has 0 aliphatic heterocycles. The molecule has 2 N–H and O–H groups in total. The minimum Gasteiger partial charge on any atom is -0.508 e. The molecule has 28 heavy (non-hydrogen) atoms. The summed E-state index contributed by atoms with van der Waals surface area (Å²) < 4.78 is 0. The lowest BCUT2D eigenvalue weighted by Gasteiger charge is -2.59. The number of benzene rings is 1. The standard InChI is InChI=1S/C25H32O3/c1-24-11-9-17(27)13-22(24)18(15-3-5-16(26)6-4-15)14-19-20-7-8-23(28)25(20,2)12-10-21(19)24/h3-6,13,18-21,23,26,28H,7-12,14H2,1-2H3/t18?,19-,20-,21+,23?,24+,25-/m0/s1. The van der Waals surface area contributed by atoms with Crippen LogP contribution in [0.5, 0.6) is 5.75 Å². The molecule has 4 aliphatic carbocycles. The summed E-state index contributed by atoms with van der Waals surface area (Å²) in [5.74, 6) is 2.60. The SMILES string of the molecule is C[C@]12CCC(=O)C=C1C(c1ccc(O)cc1)C[C@@H]1[C@H]2CC[C@]2(C)C(O)CC[C@@H]12. The maximum absolute atomic E-state index is 12.4. The average Bonchev–Trinajstić information content (AvgIpc) is 2.98. The molecule has 0 aromatic heterocycles. The van der Waals surface area contributed by atoms with Gasteiger partial charge in [-0.3, -0.25) is 4.79 Å². The largest absolute Gasteiger partial charge is 0.508 e. The molecule has 0 amide bonds. The number of ketones is 1. The first-order chi connectivity index (χ1) is 13.3. The molecule has 5 rings (SSSR count). The maximum atomic E-state index is 12.4. The Labute approximate surface area is 167 Å². The number of phenols is 1. The van der Waals surface area contributed by atoms with Gasteiger partial charge >= 0.3 is 0 Å². The van der Waals surface area contributed by atoms with E-state index in [1.54, 1.807) is 12.1 Å². The third-order valence-corrected chi connectivity index (χ3v) is 9.25. The second-order valence-electron chi connectivity index (χ2n) is 10.4. The fourth-order valence-electron chi connectivity index (χ4n) is 7.64. The average molecular weight is 381 g/mol. The molecule has 2 unspecified atom stereocenters. The zero-order valence-corrected chi connectivity index (χ0v) is 17.0. The van der Waals surface area contributed by atoms with Crippen LogP contribution in [0.15, 0.2) is 35.9 Å². The lowest BCUT2D eigenvalue weighted by Crippen LogP contribution is -2.52. The van der Waals surface area contributed by atoms with Gasteiger partial charge in [0.15, 0.2) is 5.78 Å². The van der Waals surface area contributed by atoms with E-state index in [-0.39, 0.29) is 34.4 Å². The van der Waals surface area contributed by atoms with Gasteiger partial charge in [0, 0.05) is 12.3 Å². The molecule has 0 radical (unpaired) electrons. The van der Waals surface area contributed by atoms with Crippen molar-refractivity contribution in [1.29, 1.82) is 0 Å². The van der Waals surface area contributed by atoms with E-state index >= 15 is 0 Å². The van der Waals surface area contributed by atoms with Crippen molar-refractivity contribution in [3.05, 3.63) is 41.5 Å². The maximum Gasteiger partial charge on any atom is 0.155 e. The normalized spacial score (nSPS) is 45.0. The van der Waals surface area contributed by atoms with Gasteiger partial charge in [0.05, 0.1) is 6.10 Å². The fraction of sp³-hybridized carbons (Fsp3) is 0.640. The first kappa shape index (κ1) is 18.4. The molecule has 0 spiro atoms. The number of carbonyl (C=O) groups is 1. The lowest BCUT2D eigenvalue weighted by atomic mass is 9.45. The van der Waals surface area contributed by atoms with E-state index in [1.165, 1.54) is 17.6 Å². The van der Waals surface area contributed by atoms with Crippen molar-refractivity contribution in [2.45, 2.75) is 70.8 Å². The summed E-state index contributed by atoms with van der Waals surface area (Å²) in [6, 6.07) is 7.61. The van der Waals surface area contributed by atoms with Gasteiger partial charge < -0.3 is 10.2 Å². The number of aliphatic hydroxyl groups is 1. The van der Waals surface area contributed by atoms with Crippen LogP contribution >= 0.6 is 0 Å². The van der Waals surface area contributed by atoms with Crippen molar-refractivity contribution in [2.24, 2.45) is 28.6 Å². The molecule has 3 nitrogen and oxygen atoms in total. The molecule has 0 saturated heterocycles. The zero-order chi connectivity index (χ0) is 19.7. The van der Waals surface area contributed by atoms with Crippen molar-refractivity contribution in [3.63, 3.8) is 0 Å². The van der Waals surface area contributed by atoms with Gasteiger partial charge in [-0.1, -0.05) is 31.6 Å². The Kier molecular flexibility index (Phi) is 4.07. The van der Waals surface area contributed by atoms with Gasteiger partial charge in [0.2, 0.25) is 0 Å². The van der Waals surface area contributed by atoms with Crippen LogP contribution in [0.25, 0.3) is 0 Å². The summed E-state index contributed by atoms with van der Waals surface area (Å²) in [5.41, 5.74) is 2.68. The van der Waals surface area contributed by atoms with Crippen LogP contribution in [-0.2, 0) is 4.79 Å². The molecule has 4 aliphatic rings. The second kappa shape index (κ2) is 6.19. The van der Waals surface area contributed by atoms with Crippen LogP contribution in [0.2, 0.25) is 0 Å². The summed E-state index contributed by atoms with van der Waals surface area (Å²) in [7, 11) is 0. The monoisotopic (exact) mass is 380 g/mol. The van der Waals surface area contributed by atoms with E-state index in [2.05, 4.69) is 13.8 Å². The minimum atomic E-state index is -0.164. The van der Waals surface area contributed by atoms with Crippen LogP contribution in [-0.4, -0.2) is 22.1 Å². The minimum absolute atomic E-state index is 0.0583. The predicted molar refractivity (Wildman–Crippen MR) is 109 cm³/mol. The van der Waals surface area contributed by atoms with E-state index in [0.717, 1.165) is 32.1 Å². The van der Waals surface area contributed by atoms with E-state index in [1.807, 2.05) is 18.2 Å². The van der Waals surface area contributed by atoms with Gasteiger partial charge in [-0.25, -0.2) is 0 Å². The van der Waals surface area contributed by atoms with Crippen molar-refractivity contribution >= 4 is 5.78 Å². The first-order valence-corrected chi connectivity index (χ1v) is 11.0. The summed E-state index contributed by atoms with van der Waals surface area (Å²) in [6.45, 7) is 4.72. The van der Waals surface area contributed by atoms with E-state index in [0.29, 0.717) is 24.2 Å². The summed E-state index contributed by atoms with van der Waals surface area (Å²) in [5, 5.41) is 20.5. The van der Waals surface area contributed by atoms with Crippen LogP contribution in [0, 0.1) is 28.6 Å². The number of aromatic hydroxyl groups is 1. The number of hydrogen-bond donors (Lipinski definition) is 2. The highest BCUT2D eigenvalue weighted by molar-refractivity contribution is 5.92. The van der Waals surface area contributed by atoms with Crippen LogP contribution in [0.4, 0.5) is 0 Å². The van der Waals surface area contributed by atoms with E-state index in [4.69, 9.17) is 0 Å². The van der Waals surface area contributed by atoms with Crippen molar-refractivity contribution in [3.8, 4) is 5.75 Å². The summed E-state index contributed by atoms with van der Waals surface area (Å²) in [6.07, 6.45) is 8.84. The Balaban J connectivity index is 1.60. The Morgan fingerprint density at radius 2 is 1.75 bits per heavy atom. The number of aliphatic hydroxyl groups excluding tert-OH is 1. The van der Waals surface area contributed by atoms with Crippen molar-refractivity contribution < 1.29 is 15.0 Å². The van der Waals surface area contributed by atoms with E-state index in [9.17, 15) is 15.0 Å². The highest BCUT2D eigenvalue weighted by Crippen LogP contribution is 2.67. The highest BCUT2D eigenvalue weighted by atomic mass is 16.3. The first-order valence-electron chi connectivity index (χ1n) is 11.0. The van der Waals surface area contributed by atoms with Gasteiger partial charge in [-0.05, 0) is 90.9 Å². The predicted octanol–water partition coefficient (Wildman–Crippen LogP) is 4.98. The third-order valence-electron chi connectivity index (χ3n) is 9.25. The third kappa shape index (κ3) is 2.48. The molecule has 150 valence electrons. The Bertz CT molecular complexity index is 825. The lowest BCUT2D eigenvalue weighted by molar-refractivity contribution is -0.118. The smallest absolute Gasteiger partial charge is 0.155 e. The number of phenolic OH excluding ortho intramolecular Hbond substituents is 1. The Morgan fingerprint density at radius 1 is 1.00 bits per heavy atom. The Hall–Kier alpha value is -1.61. The van der Waals surface area contributed by atoms with Gasteiger partial charge in [-0.15, -0.1) is 0 Å². The highest BCUT2D eigenvalue weighted by Gasteiger charge is 2.60. The fourth-order valence-corrected chi connectivity index (χ4v) is 7.64. The van der Waals surface area contributed by atoms with Crippen molar-refractivity contribution in [1.82, 2.24) is 0 Å². The van der Waals surface area contributed by atoms with Crippen molar-refractivity contribution in [2.75, 3.05) is 0 Å². The molecular weight excluding hydrogens is 348 g/mol. The molecule has 1 aromatic rings. The molecule has 3 fully saturated rings. The number of allylic oxidation sites excluding steroid dienone is 1. The summed E-state index contributed by atoms with van der Waals surface area (Å²) in [4.78, 5) is 12.4. The van der Waals surface area contributed by atoms with Gasteiger partial charge in [-0.2, -0.15) is 0 Å². The second-order valence-corrected chi connectivity index (χ2v) is 10.4. The number of rotatable bonds is 1. The molecule has 3 saturated carbocycles. The molecule has 3 heteroatoms. The molecule has 0 heterocycles. The van der Waals surface area contributed by atoms with E-state index < -0.39 is 0 Å². The quantitative estimate of drug-likeness (QED) is 0.722. The van der Waals surface area contributed by atoms with Crippen LogP contribution in [0.3, 0.4) is 0 Å². The Morgan fingerprint density at radius 3 is 2.50 bits per heavy atom. The number of hydrogen-bond acceptors (Lipinski definition) is 3. The van der Waals surface area contributed by atoms with Crippen LogP contribution < -0.4 is 0 Å². The molecule has 7 atom stereocenters. The van der Waals surface area contributed by atoms with Gasteiger partial charge in [0.1, 0.15) is 5.75 Å².